The summed E-state index contributed by atoms with van der Waals surface area (Å²) < 4.78 is 10.9. The van der Waals surface area contributed by atoms with Crippen molar-refractivity contribution in [3.05, 3.63) is 65.2 Å². The van der Waals surface area contributed by atoms with Gasteiger partial charge in [-0.2, -0.15) is 0 Å². The first-order valence-electron chi connectivity index (χ1n) is 11.2. The minimum absolute atomic E-state index is 0.105. The summed E-state index contributed by atoms with van der Waals surface area (Å²) in [6, 6.07) is 14.1. The average Bonchev–Trinajstić information content (AvgIpc) is 2.75. The maximum Gasteiger partial charge on any atom is 0.343 e. The van der Waals surface area contributed by atoms with Crippen LogP contribution in [0.2, 0.25) is 0 Å². The first kappa shape index (κ1) is 23.7. The SMILES string of the molecule is CCCCCc1ccc(C(=O)Oc2ccc(C(=O)OC(C)CCCCC)cc2)cc1. The molecule has 0 aliphatic carbocycles. The Balaban J connectivity index is 1.85. The van der Waals surface area contributed by atoms with Crippen LogP contribution in [-0.2, 0) is 11.2 Å². The highest BCUT2D eigenvalue weighted by Gasteiger charge is 2.13. The van der Waals surface area contributed by atoms with Crippen LogP contribution in [0.3, 0.4) is 0 Å². The van der Waals surface area contributed by atoms with E-state index in [2.05, 4.69) is 13.8 Å². The van der Waals surface area contributed by atoms with E-state index in [1.54, 1.807) is 36.4 Å². The van der Waals surface area contributed by atoms with Gasteiger partial charge in [0.15, 0.2) is 0 Å². The van der Waals surface area contributed by atoms with Crippen LogP contribution in [0.4, 0.5) is 0 Å². The van der Waals surface area contributed by atoms with Gasteiger partial charge in [0.25, 0.3) is 0 Å². The zero-order valence-electron chi connectivity index (χ0n) is 18.5. The number of carbonyl (C=O) groups is 2. The van der Waals surface area contributed by atoms with Crippen molar-refractivity contribution < 1.29 is 19.1 Å². The predicted octanol–water partition coefficient (Wildman–Crippen LogP) is 6.76. The number of unbranched alkanes of at least 4 members (excludes halogenated alkanes) is 4. The lowest BCUT2D eigenvalue weighted by Crippen LogP contribution is -2.15. The Bertz CT molecular complexity index is 778. The second-order valence-electron chi connectivity index (χ2n) is 7.78. The molecule has 4 nitrogen and oxygen atoms in total. The number of esters is 2. The van der Waals surface area contributed by atoms with Gasteiger partial charge in [-0.1, -0.05) is 51.7 Å². The molecule has 30 heavy (non-hydrogen) atoms. The van der Waals surface area contributed by atoms with Gasteiger partial charge >= 0.3 is 11.9 Å². The van der Waals surface area contributed by atoms with Crippen molar-refractivity contribution in [1.82, 2.24) is 0 Å². The maximum absolute atomic E-state index is 12.4. The highest BCUT2D eigenvalue weighted by molar-refractivity contribution is 5.92. The monoisotopic (exact) mass is 410 g/mol. The fourth-order valence-electron chi connectivity index (χ4n) is 3.20. The van der Waals surface area contributed by atoms with E-state index in [4.69, 9.17) is 9.47 Å². The van der Waals surface area contributed by atoms with Gasteiger partial charge in [-0.15, -0.1) is 0 Å². The van der Waals surface area contributed by atoms with Crippen LogP contribution in [0, 0.1) is 0 Å². The summed E-state index contributed by atoms with van der Waals surface area (Å²) in [4.78, 5) is 24.6. The Morgan fingerprint density at radius 1 is 0.767 bits per heavy atom. The summed E-state index contributed by atoms with van der Waals surface area (Å²) in [5.41, 5.74) is 2.19. The summed E-state index contributed by atoms with van der Waals surface area (Å²) in [6.45, 7) is 6.25. The van der Waals surface area contributed by atoms with Crippen LogP contribution in [-0.4, -0.2) is 18.0 Å². The van der Waals surface area contributed by atoms with Crippen molar-refractivity contribution in [2.24, 2.45) is 0 Å². The van der Waals surface area contributed by atoms with Crippen LogP contribution in [0.1, 0.15) is 92.0 Å². The van der Waals surface area contributed by atoms with Crippen molar-refractivity contribution in [1.29, 1.82) is 0 Å². The van der Waals surface area contributed by atoms with E-state index in [0.29, 0.717) is 16.9 Å². The molecule has 0 fully saturated rings. The topological polar surface area (TPSA) is 52.6 Å². The smallest absolute Gasteiger partial charge is 0.343 e. The molecule has 0 aliphatic rings. The second kappa shape index (κ2) is 12.8. The van der Waals surface area contributed by atoms with E-state index in [9.17, 15) is 9.59 Å². The molecule has 2 rings (SSSR count). The number of hydrogen-bond donors (Lipinski definition) is 0. The number of aryl methyl sites for hydroxylation is 1. The molecule has 0 saturated carbocycles. The third-order valence-electron chi connectivity index (χ3n) is 5.08. The lowest BCUT2D eigenvalue weighted by molar-refractivity contribution is 0.0319. The van der Waals surface area contributed by atoms with Crippen LogP contribution in [0.25, 0.3) is 0 Å². The standard InChI is InChI=1S/C26H34O4/c1-4-6-8-10-20(3)29-25(27)23-16-18-24(19-17-23)30-26(28)22-14-12-21(13-15-22)11-9-7-5-2/h12-20H,4-11H2,1-3H3. The molecular formula is C26H34O4. The highest BCUT2D eigenvalue weighted by atomic mass is 16.5. The minimum Gasteiger partial charge on any atom is -0.459 e. The molecule has 0 N–H and O–H groups in total. The molecule has 0 radical (unpaired) electrons. The molecule has 1 unspecified atom stereocenters. The van der Waals surface area contributed by atoms with Crippen LogP contribution >= 0.6 is 0 Å². The van der Waals surface area contributed by atoms with E-state index in [0.717, 1.165) is 38.5 Å². The van der Waals surface area contributed by atoms with Crippen molar-refractivity contribution in [3.63, 3.8) is 0 Å². The molecule has 2 aromatic rings. The lowest BCUT2D eigenvalue weighted by atomic mass is 10.1. The van der Waals surface area contributed by atoms with E-state index >= 15 is 0 Å². The lowest BCUT2D eigenvalue weighted by Gasteiger charge is -2.13. The van der Waals surface area contributed by atoms with E-state index in [1.807, 2.05) is 19.1 Å². The first-order valence-corrected chi connectivity index (χ1v) is 11.2. The number of carbonyl (C=O) groups excluding carboxylic acids is 2. The first-order chi connectivity index (χ1) is 14.5. The third-order valence-corrected chi connectivity index (χ3v) is 5.08. The zero-order chi connectivity index (χ0) is 21.8. The van der Waals surface area contributed by atoms with Gasteiger partial charge in [0, 0.05) is 0 Å². The number of hydrogen-bond acceptors (Lipinski definition) is 4. The molecule has 4 heteroatoms. The number of ether oxygens (including phenoxy) is 2. The predicted molar refractivity (Wildman–Crippen MR) is 120 cm³/mol. The second-order valence-corrected chi connectivity index (χ2v) is 7.78. The fraction of sp³-hybridized carbons (Fsp3) is 0.462. The Morgan fingerprint density at radius 3 is 1.97 bits per heavy atom. The largest absolute Gasteiger partial charge is 0.459 e. The molecule has 0 saturated heterocycles. The molecule has 0 aromatic heterocycles. The number of rotatable bonds is 12. The summed E-state index contributed by atoms with van der Waals surface area (Å²) >= 11 is 0. The Morgan fingerprint density at radius 2 is 1.33 bits per heavy atom. The maximum atomic E-state index is 12.4. The highest BCUT2D eigenvalue weighted by Crippen LogP contribution is 2.17. The summed E-state index contributed by atoms with van der Waals surface area (Å²) in [6.07, 6.45) is 8.69. The van der Waals surface area contributed by atoms with Crippen molar-refractivity contribution in [2.75, 3.05) is 0 Å². The van der Waals surface area contributed by atoms with Crippen molar-refractivity contribution >= 4 is 11.9 Å². The summed E-state index contributed by atoms with van der Waals surface area (Å²) in [7, 11) is 0. The molecule has 0 spiro atoms. The van der Waals surface area contributed by atoms with Crippen LogP contribution in [0.15, 0.2) is 48.5 Å². The van der Waals surface area contributed by atoms with E-state index in [1.165, 1.54) is 18.4 Å². The van der Waals surface area contributed by atoms with Crippen molar-refractivity contribution in [3.8, 4) is 5.75 Å². The van der Waals surface area contributed by atoms with Gasteiger partial charge in [0.05, 0.1) is 17.2 Å². The quantitative estimate of drug-likeness (QED) is 0.220. The molecule has 0 aliphatic heterocycles. The summed E-state index contributed by atoms with van der Waals surface area (Å²) in [5, 5.41) is 0. The van der Waals surface area contributed by atoms with E-state index < -0.39 is 5.97 Å². The Labute approximate surface area is 180 Å². The number of benzene rings is 2. The summed E-state index contributed by atoms with van der Waals surface area (Å²) in [5.74, 6) is -0.356. The fourth-order valence-corrected chi connectivity index (χ4v) is 3.20. The van der Waals surface area contributed by atoms with Gasteiger partial charge < -0.3 is 9.47 Å². The van der Waals surface area contributed by atoms with Gasteiger partial charge in [0.2, 0.25) is 0 Å². The third kappa shape index (κ3) is 8.02. The Kier molecular flexibility index (Phi) is 10.1. The molecule has 162 valence electrons. The van der Waals surface area contributed by atoms with Gasteiger partial charge in [-0.3, -0.25) is 0 Å². The molecular weight excluding hydrogens is 376 g/mol. The normalized spacial score (nSPS) is 11.7. The van der Waals surface area contributed by atoms with E-state index in [-0.39, 0.29) is 12.1 Å². The molecule has 1 atom stereocenters. The minimum atomic E-state index is -0.407. The van der Waals surface area contributed by atoms with Crippen molar-refractivity contribution in [2.45, 2.75) is 78.2 Å². The molecule has 0 heterocycles. The zero-order valence-corrected chi connectivity index (χ0v) is 18.5. The molecule has 2 aromatic carbocycles. The van der Waals surface area contributed by atoms with Crippen LogP contribution < -0.4 is 4.74 Å². The van der Waals surface area contributed by atoms with Gasteiger partial charge in [0.1, 0.15) is 5.75 Å². The Hall–Kier alpha value is -2.62. The van der Waals surface area contributed by atoms with Gasteiger partial charge in [-0.25, -0.2) is 9.59 Å². The molecule has 0 bridgehead atoms. The van der Waals surface area contributed by atoms with Gasteiger partial charge in [-0.05, 0) is 74.6 Å². The molecule has 0 amide bonds. The van der Waals surface area contributed by atoms with Crippen LogP contribution in [0.5, 0.6) is 5.75 Å². The average molecular weight is 411 g/mol.